The predicted octanol–water partition coefficient (Wildman–Crippen LogP) is 2.98. The second-order valence-corrected chi connectivity index (χ2v) is 8.54. The Morgan fingerprint density at radius 1 is 1.23 bits per heavy atom. The maximum absolute atomic E-state index is 12.7. The number of ether oxygens (including phenoxy) is 1. The van der Waals surface area contributed by atoms with Crippen molar-refractivity contribution in [2.75, 3.05) is 20.2 Å². The van der Waals surface area contributed by atoms with E-state index < -0.39 is 10.1 Å². The van der Waals surface area contributed by atoms with E-state index in [1.54, 1.807) is 12.4 Å². The van der Waals surface area contributed by atoms with Crippen LogP contribution in [0.25, 0.3) is 0 Å². The van der Waals surface area contributed by atoms with Crippen LogP contribution in [0.15, 0.2) is 46.4 Å². The number of aryl methyl sites for hydroxylation is 1. The summed E-state index contributed by atoms with van der Waals surface area (Å²) in [5.74, 6) is 5.81. The lowest BCUT2D eigenvalue weighted by molar-refractivity contribution is 0.311. The van der Waals surface area contributed by atoms with E-state index in [-0.39, 0.29) is 34.7 Å². The molecule has 0 aliphatic carbocycles. The second kappa shape index (κ2) is 9.90. The zero-order chi connectivity index (χ0) is 21.0. The highest BCUT2D eigenvalue weighted by atomic mass is 35.5. The molecule has 2 aromatic rings. The van der Waals surface area contributed by atoms with Crippen LogP contribution in [0.2, 0.25) is 0 Å². The van der Waals surface area contributed by atoms with Crippen LogP contribution >= 0.6 is 12.4 Å². The first-order valence-corrected chi connectivity index (χ1v) is 10.6. The lowest BCUT2D eigenvalue weighted by atomic mass is 9.88. The largest absolute Gasteiger partial charge is 0.508 e. The zero-order valence-corrected chi connectivity index (χ0v) is 18.4. The van der Waals surface area contributed by atoms with E-state index in [0.717, 1.165) is 43.1 Å². The average molecular weight is 456 g/mol. The summed E-state index contributed by atoms with van der Waals surface area (Å²) in [6.45, 7) is 3.47. The molecule has 0 aromatic heterocycles. The minimum absolute atomic E-state index is 0. The quantitative estimate of drug-likeness (QED) is 0.226. The Labute approximate surface area is 182 Å². The molecule has 2 aromatic carbocycles. The van der Waals surface area contributed by atoms with Crippen LogP contribution in [0.3, 0.4) is 0 Å². The van der Waals surface area contributed by atoms with E-state index >= 15 is 0 Å². The number of hydrazone groups is 1. The molecular formula is C20H26ClN3O5S. The molecule has 0 radical (unpaired) electrons. The number of rotatable bonds is 6. The summed E-state index contributed by atoms with van der Waals surface area (Å²) in [6, 6.07) is 9.00. The molecule has 3 rings (SSSR count). The lowest BCUT2D eigenvalue weighted by Crippen LogP contribution is -2.32. The number of phenols is 1. The monoisotopic (exact) mass is 455 g/mol. The fraction of sp³-hybridized carbons (Fsp3) is 0.350. The number of piperidine rings is 1. The SMILES string of the molecule is COc1c(OS(=O)(=O)c2cccc(O)c2)cc(C)cc1C1CCN(C=NN)CC1.Cl. The topological polar surface area (TPSA) is 114 Å². The van der Waals surface area contributed by atoms with Crippen molar-refractivity contribution in [1.82, 2.24) is 4.90 Å². The molecule has 164 valence electrons. The van der Waals surface area contributed by atoms with Gasteiger partial charge in [-0.1, -0.05) is 12.1 Å². The third-order valence-electron chi connectivity index (χ3n) is 4.94. The van der Waals surface area contributed by atoms with E-state index in [0.29, 0.717) is 5.75 Å². The molecule has 30 heavy (non-hydrogen) atoms. The molecule has 0 unspecified atom stereocenters. The Morgan fingerprint density at radius 2 is 1.93 bits per heavy atom. The van der Waals surface area contributed by atoms with Gasteiger partial charge < -0.3 is 24.8 Å². The summed E-state index contributed by atoms with van der Waals surface area (Å²) < 4.78 is 36.4. The molecule has 1 aliphatic rings. The molecule has 0 saturated carbocycles. The number of halogens is 1. The zero-order valence-electron chi connectivity index (χ0n) is 16.8. The summed E-state index contributed by atoms with van der Waals surface area (Å²) >= 11 is 0. The van der Waals surface area contributed by atoms with Crippen LogP contribution in [0.4, 0.5) is 0 Å². The van der Waals surface area contributed by atoms with Crippen molar-refractivity contribution in [3.05, 3.63) is 47.5 Å². The van der Waals surface area contributed by atoms with Crippen molar-refractivity contribution in [2.24, 2.45) is 10.9 Å². The van der Waals surface area contributed by atoms with Gasteiger partial charge in [0.05, 0.1) is 7.11 Å². The summed E-state index contributed by atoms with van der Waals surface area (Å²) in [5.41, 5.74) is 1.78. The molecule has 3 N–H and O–H groups in total. The fourth-order valence-electron chi connectivity index (χ4n) is 3.58. The Kier molecular flexibility index (Phi) is 7.80. The molecule has 0 atom stereocenters. The molecule has 1 fully saturated rings. The van der Waals surface area contributed by atoms with Crippen molar-refractivity contribution in [3.63, 3.8) is 0 Å². The van der Waals surface area contributed by atoms with Gasteiger partial charge in [0.25, 0.3) is 0 Å². The van der Waals surface area contributed by atoms with Gasteiger partial charge in [0, 0.05) is 24.7 Å². The number of hydrogen-bond acceptors (Lipinski definition) is 7. The normalized spacial score (nSPS) is 15.1. The van der Waals surface area contributed by atoms with Gasteiger partial charge in [-0.2, -0.15) is 13.5 Å². The summed E-state index contributed by atoms with van der Waals surface area (Å²) in [5, 5.41) is 13.2. The predicted molar refractivity (Wildman–Crippen MR) is 117 cm³/mol. The first-order valence-electron chi connectivity index (χ1n) is 9.23. The number of likely N-dealkylation sites (tertiary alicyclic amines) is 1. The van der Waals surface area contributed by atoms with Crippen LogP contribution in [0.1, 0.15) is 29.9 Å². The minimum Gasteiger partial charge on any atom is -0.508 e. The molecule has 1 heterocycles. The third-order valence-corrected chi connectivity index (χ3v) is 6.17. The smallest absolute Gasteiger partial charge is 0.339 e. The van der Waals surface area contributed by atoms with E-state index in [9.17, 15) is 13.5 Å². The summed E-state index contributed by atoms with van der Waals surface area (Å²) in [6.07, 6.45) is 3.33. The molecule has 0 spiro atoms. The van der Waals surface area contributed by atoms with E-state index in [2.05, 4.69) is 5.10 Å². The van der Waals surface area contributed by atoms with Gasteiger partial charge in [0.2, 0.25) is 0 Å². The van der Waals surface area contributed by atoms with E-state index in [1.165, 1.54) is 25.3 Å². The van der Waals surface area contributed by atoms with Crippen molar-refractivity contribution < 1.29 is 22.4 Å². The van der Waals surface area contributed by atoms with Crippen molar-refractivity contribution in [1.29, 1.82) is 0 Å². The fourth-order valence-corrected chi connectivity index (χ4v) is 4.54. The Balaban J connectivity index is 0.00000320. The number of nitrogens with zero attached hydrogens (tertiary/aromatic N) is 2. The van der Waals surface area contributed by atoms with E-state index in [4.69, 9.17) is 14.8 Å². The van der Waals surface area contributed by atoms with Crippen LogP contribution in [0.5, 0.6) is 17.2 Å². The van der Waals surface area contributed by atoms with Crippen LogP contribution in [0, 0.1) is 6.92 Å². The molecule has 0 amide bonds. The molecule has 10 heteroatoms. The van der Waals surface area contributed by atoms with Gasteiger partial charge in [0.1, 0.15) is 17.0 Å². The molecular weight excluding hydrogens is 430 g/mol. The van der Waals surface area contributed by atoms with Gasteiger partial charge >= 0.3 is 10.1 Å². The number of hydrogen-bond donors (Lipinski definition) is 2. The first-order chi connectivity index (χ1) is 13.8. The maximum atomic E-state index is 12.7. The highest BCUT2D eigenvalue weighted by Gasteiger charge is 2.27. The third kappa shape index (κ3) is 5.28. The summed E-state index contributed by atoms with van der Waals surface area (Å²) in [4.78, 5) is 1.92. The van der Waals surface area contributed by atoms with Crippen molar-refractivity contribution >= 4 is 28.9 Å². The number of aromatic hydroxyl groups is 1. The van der Waals surface area contributed by atoms with Gasteiger partial charge in [-0.3, -0.25) is 0 Å². The second-order valence-electron chi connectivity index (χ2n) is 7.00. The Morgan fingerprint density at radius 3 is 2.53 bits per heavy atom. The minimum atomic E-state index is -4.13. The molecule has 8 nitrogen and oxygen atoms in total. The van der Waals surface area contributed by atoms with E-state index in [1.807, 2.05) is 17.9 Å². The molecule has 0 bridgehead atoms. The number of phenolic OH excluding ortho intramolecular Hbond substituents is 1. The average Bonchev–Trinajstić information content (AvgIpc) is 2.68. The lowest BCUT2D eigenvalue weighted by Gasteiger charge is -2.31. The summed E-state index contributed by atoms with van der Waals surface area (Å²) in [7, 11) is -2.63. The van der Waals surface area contributed by atoms with Crippen molar-refractivity contribution in [3.8, 4) is 17.2 Å². The van der Waals surface area contributed by atoms with Gasteiger partial charge in [-0.05, 0) is 49.4 Å². The highest BCUT2D eigenvalue weighted by molar-refractivity contribution is 7.87. The number of methoxy groups -OCH3 is 1. The van der Waals surface area contributed by atoms with Crippen LogP contribution < -0.4 is 14.8 Å². The van der Waals surface area contributed by atoms with Crippen molar-refractivity contribution in [2.45, 2.75) is 30.6 Å². The standard InChI is InChI=1S/C20H25N3O5S.ClH/c1-14-10-18(15-6-8-23(9-7-15)13-22-21)20(27-2)19(11-14)28-29(25,26)17-5-3-4-16(24)12-17;/h3-5,10-13,15,24H,6-9,21H2,1-2H3;1H. The number of nitrogens with two attached hydrogens (primary N) is 1. The van der Waals surface area contributed by atoms with Gasteiger partial charge in [-0.25, -0.2) is 0 Å². The Bertz CT molecular complexity index is 1010. The Hall–Kier alpha value is -2.65. The van der Waals surface area contributed by atoms with Gasteiger partial charge in [0.15, 0.2) is 11.5 Å². The van der Waals surface area contributed by atoms with Crippen LogP contribution in [-0.2, 0) is 10.1 Å². The number of benzene rings is 2. The molecule has 1 aliphatic heterocycles. The van der Waals surface area contributed by atoms with Gasteiger partial charge in [-0.15, -0.1) is 12.4 Å². The molecule has 1 saturated heterocycles. The first kappa shape index (κ1) is 23.6. The highest BCUT2D eigenvalue weighted by Crippen LogP contribution is 2.41. The van der Waals surface area contributed by atoms with Crippen LogP contribution in [-0.4, -0.2) is 45.0 Å². The maximum Gasteiger partial charge on any atom is 0.339 e.